The van der Waals surface area contributed by atoms with Gasteiger partial charge in [-0.25, -0.2) is 4.39 Å². The zero-order chi connectivity index (χ0) is 11.5. The average Bonchev–Trinajstić information content (AvgIpc) is 2.33. The number of hydrogen-bond acceptors (Lipinski definition) is 3. The van der Waals surface area contributed by atoms with E-state index in [0.29, 0.717) is 5.56 Å². The lowest BCUT2D eigenvalue weighted by Crippen LogP contribution is -2.03. The highest BCUT2D eigenvalue weighted by molar-refractivity contribution is 6.09. The topological polar surface area (TPSA) is 56.0 Å². The van der Waals surface area contributed by atoms with Crippen molar-refractivity contribution in [1.29, 1.82) is 0 Å². The van der Waals surface area contributed by atoms with E-state index in [1.165, 1.54) is 24.5 Å². The molecule has 0 fully saturated rings. The fourth-order valence-corrected chi connectivity index (χ4v) is 1.34. The molecule has 0 aliphatic rings. The number of rotatable bonds is 2. The number of carbonyl (C=O) groups excluding carboxylic acids is 1. The molecule has 1 heterocycles. The van der Waals surface area contributed by atoms with E-state index in [0.717, 1.165) is 6.07 Å². The smallest absolute Gasteiger partial charge is 0.193 e. The zero-order valence-electron chi connectivity index (χ0n) is 8.35. The maximum absolute atomic E-state index is 13.2. The predicted octanol–water partition coefficient (Wildman–Crippen LogP) is 2.03. The van der Waals surface area contributed by atoms with Gasteiger partial charge in [0.25, 0.3) is 0 Å². The Morgan fingerprint density at radius 2 is 1.81 bits per heavy atom. The van der Waals surface area contributed by atoms with E-state index in [4.69, 9.17) is 5.73 Å². The third-order valence-corrected chi connectivity index (χ3v) is 2.21. The molecule has 0 radical (unpaired) electrons. The van der Waals surface area contributed by atoms with Gasteiger partial charge in [-0.05, 0) is 30.3 Å². The van der Waals surface area contributed by atoms with Crippen LogP contribution in [0, 0.1) is 5.82 Å². The molecule has 0 amide bonds. The number of carbonyl (C=O) groups is 1. The lowest BCUT2D eigenvalue weighted by molar-refractivity contribution is 0.103. The third-order valence-electron chi connectivity index (χ3n) is 2.21. The number of anilines is 1. The van der Waals surface area contributed by atoms with Gasteiger partial charge in [-0.1, -0.05) is 0 Å². The van der Waals surface area contributed by atoms with Crippen LogP contribution in [0.2, 0.25) is 0 Å². The Morgan fingerprint density at radius 3 is 2.44 bits per heavy atom. The van der Waals surface area contributed by atoms with E-state index in [9.17, 15) is 9.18 Å². The summed E-state index contributed by atoms with van der Waals surface area (Å²) >= 11 is 0. The third kappa shape index (κ3) is 1.91. The number of nitrogen functional groups attached to an aromatic ring is 1. The number of ketones is 1. The van der Waals surface area contributed by atoms with E-state index in [1.807, 2.05) is 0 Å². The zero-order valence-corrected chi connectivity index (χ0v) is 8.35. The number of halogens is 1. The standard InChI is InChI=1S/C12H9FN2O/c13-10-7-9(1-2-11(10)14)12(16)8-3-5-15-6-4-8/h1-7H,14H2. The molecule has 0 saturated heterocycles. The Bertz CT molecular complexity index is 526. The van der Waals surface area contributed by atoms with Crippen molar-refractivity contribution in [2.45, 2.75) is 0 Å². The van der Waals surface area contributed by atoms with E-state index in [2.05, 4.69) is 4.98 Å². The number of aromatic nitrogens is 1. The summed E-state index contributed by atoms with van der Waals surface area (Å²) in [6.45, 7) is 0. The van der Waals surface area contributed by atoms with Crippen LogP contribution in [0.5, 0.6) is 0 Å². The molecule has 4 heteroatoms. The Labute approximate surface area is 91.7 Å². The molecule has 2 N–H and O–H groups in total. The van der Waals surface area contributed by atoms with Gasteiger partial charge in [0.15, 0.2) is 5.78 Å². The van der Waals surface area contributed by atoms with Crippen molar-refractivity contribution in [3.05, 3.63) is 59.7 Å². The first-order valence-electron chi connectivity index (χ1n) is 4.68. The highest BCUT2D eigenvalue weighted by atomic mass is 19.1. The molecule has 0 aliphatic carbocycles. The number of nitrogens with two attached hydrogens (primary N) is 1. The summed E-state index contributed by atoms with van der Waals surface area (Å²) in [7, 11) is 0. The summed E-state index contributed by atoms with van der Waals surface area (Å²) in [6.07, 6.45) is 3.03. The van der Waals surface area contributed by atoms with Crippen molar-refractivity contribution in [2.75, 3.05) is 5.73 Å². The Balaban J connectivity index is 2.39. The summed E-state index contributed by atoms with van der Waals surface area (Å²) in [5.74, 6) is -0.832. The minimum atomic E-state index is -0.583. The van der Waals surface area contributed by atoms with Crippen LogP contribution >= 0.6 is 0 Å². The van der Waals surface area contributed by atoms with Gasteiger partial charge in [0.1, 0.15) is 5.82 Å². The molecule has 1 aromatic carbocycles. The summed E-state index contributed by atoms with van der Waals surface area (Å²) in [5, 5.41) is 0. The maximum Gasteiger partial charge on any atom is 0.193 e. The molecule has 1 aromatic heterocycles. The van der Waals surface area contributed by atoms with E-state index >= 15 is 0 Å². The minimum Gasteiger partial charge on any atom is -0.396 e. The van der Waals surface area contributed by atoms with Crippen molar-refractivity contribution < 1.29 is 9.18 Å². The predicted molar refractivity (Wildman–Crippen MR) is 58.5 cm³/mol. The fourth-order valence-electron chi connectivity index (χ4n) is 1.34. The Kier molecular flexibility index (Phi) is 2.64. The molecule has 0 aliphatic heterocycles. The van der Waals surface area contributed by atoms with E-state index in [-0.39, 0.29) is 17.0 Å². The molecule has 16 heavy (non-hydrogen) atoms. The average molecular weight is 216 g/mol. The molecule has 0 spiro atoms. The van der Waals surface area contributed by atoms with E-state index < -0.39 is 5.82 Å². The van der Waals surface area contributed by atoms with Crippen LogP contribution in [-0.4, -0.2) is 10.8 Å². The summed E-state index contributed by atoms with van der Waals surface area (Å²) < 4.78 is 13.2. The second-order valence-electron chi connectivity index (χ2n) is 3.30. The summed E-state index contributed by atoms with van der Waals surface area (Å²) in [4.78, 5) is 15.7. The van der Waals surface area contributed by atoms with Gasteiger partial charge in [-0.2, -0.15) is 0 Å². The molecule has 0 bridgehead atoms. The van der Waals surface area contributed by atoms with Gasteiger partial charge in [0.2, 0.25) is 0 Å². The number of nitrogens with zero attached hydrogens (tertiary/aromatic N) is 1. The second kappa shape index (κ2) is 4.10. The van der Waals surface area contributed by atoms with Crippen LogP contribution in [0.15, 0.2) is 42.7 Å². The van der Waals surface area contributed by atoms with Crippen molar-refractivity contribution in [1.82, 2.24) is 4.98 Å². The van der Waals surface area contributed by atoms with Crippen molar-refractivity contribution >= 4 is 11.5 Å². The van der Waals surface area contributed by atoms with Gasteiger partial charge >= 0.3 is 0 Å². The van der Waals surface area contributed by atoms with Crippen molar-refractivity contribution in [3.8, 4) is 0 Å². The molecule has 2 rings (SSSR count). The quantitative estimate of drug-likeness (QED) is 0.617. The van der Waals surface area contributed by atoms with Crippen molar-refractivity contribution in [2.24, 2.45) is 0 Å². The van der Waals surface area contributed by atoms with Gasteiger partial charge < -0.3 is 5.73 Å². The van der Waals surface area contributed by atoms with Gasteiger partial charge in [-0.3, -0.25) is 9.78 Å². The highest BCUT2D eigenvalue weighted by Crippen LogP contribution is 2.15. The summed E-state index contributed by atoms with van der Waals surface area (Å²) in [6, 6.07) is 7.18. The van der Waals surface area contributed by atoms with Crippen LogP contribution in [0.25, 0.3) is 0 Å². The maximum atomic E-state index is 13.2. The number of hydrogen-bond donors (Lipinski definition) is 1. The molecule has 80 valence electrons. The van der Waals surface area contributed by atoms with Gasteiger partial charge in [0.05, 0.1) is 5.69 Å². The Hall–Kier alpha value is -2.23. The largest absolute Gasteiger partial charge is 0.396 e. The number of benzene rings is 1. The SMILES string of the molecule is Nc1ccc(C(=O)c2ccncc2)cc1F. The minimum absolute atomic E-state index is 0.0336. The lowest BCUT2D eigenvalue weighted by Gasteiger charge is -2.02. The first-order chi connectivity index (χ1) is 7.68. The Morgan fingerprint density at radius 1 is 1.12 bits per heavy atom. The molecular weight excluding hydrogens is 207 g/mol. The highest BCUT2D eigenvalue weighted by Gasteiger charge is 2.10. The molecule has 0 atom stereocenters. The summed E-state index contributed by atoms with van der Waals surface area (Å²) in [5.41, 5.74) is 6.11. The molecular formula is C12H9FN2O. The molecule has 3 nitrogen and oxygen atoms in total. The van der Waals surface area contributed by atoms with E-state index in [1.54, 1.807) is 12.1 Å². The number of pyridine rings is 1. The van der Waals surface area contributed by atoms with Crippen LogP contribution in [0.3, 0.4) is 0 Å². The van der Waals surface area contributed by atoms with Crippen LogP contribution < -0.4 is 5.73 Å². The fraction of sp³-hybridized carbons (Fsp3) is 0. The first kappa shape index (κ1) is 10.3. The van der Waals surface area contributed by atoms with Crippen molar-refractivity contribution in [3.63, 3.8) is 0 Å². The monoisotopic (exact) mass is 216 g/mol. The van der Waals surface area contributed by atoms with Crippen LogP contribution in [-0.2, 0) is 0 Å². The molecule has 0 saturated carbocycles. The molecule has 2 aromatic rings. The van der Waals surface area contributed by atoms with Crippen LogP contribution in [0.4, 0.5) is 10.1 Å². The van der Waals surface area contributed by atoms with Gasteiger partial charge in [-0.15, -0.1) is 0 Å². The van der Waals surface area contributed by atoms with Gasteiger partial charge in [0, 0.05) is 23.5 Å². The first-order valence-corrected chi connectivity index (χ1v) is 4.68. The second-order valence-corrected chi connectivity index (χ2v) is 3.30. The lowest BCUT2D eigenvalue weighted by atomic mass is 10.0. The molecule has 0 unspecified atom stereocenters. The normalized spacial score (nSPS) is 10.1. The van der Waals surface area contributed by atoms with Crippen LogP contribution in [0.1, 0.15) is 15.9 Å².